The highest BCUT2D eigenvalue weighted by atomic mass is 35.5. The molecule has 0 aliphatic rings. The average Bonchev–Trinajstić information content (AvgIpc) is 3.28. The van der Waals surface area contributed by atoms with Gasteiger partial charge in [-0.2, -0.15) is 0 Å². The fraction of sp³-hybridized carbons (Fsp3) is 0.143. The van der Waals surface area contributed by atoms with E-state index >= 15 is 4.57 Å². The molecule has 0 N–H and O–H groups in total. The maximum atomic E-state index is 15.0. The van der Waals surface area contributed by atoms with Gasteiger partial charge in [0.05, 0.1) is 35.5 Å². The quantitative estimate of drug-likeness (QED) is 0.139. The maximum absolute atomic E-state index is 15.0. The van der Waals surface area contributed by atoms with Crippen LogP contribution in [0.4, 0.5) is 0 Å². The molecular weight excluding hydrogens is 559 g/mol. The zero-order valence-electron chi connectivity index (χ0n) is 21.1. The van der Waals surface area contributed by atoms with Crippen LogP contribution in [-0.2, 0) is 23.8 Å². The molecule has 0 aliphatic carbocycles. The fourth-order valence-corrected chi connectivity index (χ4v) is 8.47. The summed E-state index contributed by atoms with van der Waals surface area (Å²) >= 11 is 6.34. The number of fused-ring (bicyclic) bond motifs is 1. The van der Waals surface area contributed by atoms with Gasteiger partial charge in [0.1, 0.15) is 0 Å². The molecule has 4 aromatic rings. The minimum Gasteiger partial charge on any atom is -0.461 e. The van der Waals surface area contributed by atoms with Crippen LogP contribution in [0.5, 0.6) is 0 Å². The molecular formula is C28H24ClN2O6PS. The molecule has 0 fully saturated rings. The van der Waals surface area contributed by atoms with Crippen molar-refractivity contribution in [3.05, 3.63) is 107 Å². The van der Waals surface area contributed by atoms with Gasteiger partial charge in [0.2, 0.25) is 0 Å². The highest BCUT2D eigenvalue weighted by Crippen LogP contribution is 2.49. The Bertz CT molecular complexity index is 1780. The second-order valence-electron chi connectivity index (χ2n) is 8.17. The number of hydrogen-bond donors (Lipinski definition) is 0. The van der Waals surface area contributed by atoms with Crippen LogP contribution in [0.2, 0.25) is 5.02 Å². The van der Waals surface area contributed by atoms with Crippen molar-refractivity contribution in [3.63, 3.8) is 0 Å². The number of esters is 1. The summed E-state index contributed by atoms with van der Waals surface area (Å²) in [6, 6.07) is 18.5. The van der Waals surface area contributed by atoms with Gasteiger partial charge in [0.25, 0.3) is 17.4 Å². The molecule has 3 aromatic carbocycles. The Kier molecular flexibility index (Phi) is 8.43. The molecule has 8 nitrogen and oxygen atoms in total. The molecule has 1 atom stereocenters. The summed E-state index contributed by atoms with van der Waals surface area (Å²) in [5.41, 5.74) is 0.224. The molecule has 1 aromatic heterocycles. The van der Waals surface area contributed by atoms with Crippen LogP contribution >= 0.6 is 19.0 Å². The first-order chi connectivity index (χ1) is 18.7. The van der Waals surface area contributed by atoms with Gasteiger partial charge in [-0.15, -0.1) is 0 Å². The molecule has 0 saturated heterocycles. The van der Waals surface area contributed by atoms with Gasteiger partial charge in [0, 0.05) is 15.7 Å². The molecule has 4 rings (SSSR count). The van der Waals surface area contributed by atoms with E-state index in [0.29, 0.717) is 5.56 Å². The summed E-state index contributed by atoms with van der Waals surface area (Å²) in [4.78, 5) is 16.7. The normalized spacial score (nSPS) is 13.3. The van der Waals surface area contributed by atoms with Crippen molar-refractivity contribution in [2.75, 3.05) is 13.2 Å². The summed E-state index contributed by atoms with van der Waals surface area (Å²) < 4.78 is 55.1. The number of nitrogens with zero attached hydrogens (tertiary/aromatic N) is 2. The van der Waals surface area contributed by atoms with Gasteiger partial charge in [-0.1, -0.05) is 48.0 Å². The molecule has 39 heavy (non-hydrogen) atoms. The van der Waals surface area contributed by atoms with Crippen molar-refractivity contribution in [2.45, 2.75) is 18.7 Å². The summed E-state index contributed by atoms with van der Waals surface area (Å²) in [6.45, 7) is 10.2. The Balaban J connectivity index is 2.19. The lowest BCUT2D eigenvalue weighted by Crippen LogP contribution is -2.28. The first-order valence-corrected chi connectivity index (χ1v) is 15.3. The predicted octanol–water partition coefficient (Wildman–Crippen LogP) is 5.86. The first-order valence-electron chi connectivity index (χ1n) is 11.9. The van der Waals surface area contributed by atoms with E-state index in [2.05, 4.69) is 4.85 Å². The number of carbonyl (C=O) groups excluding carboxylic acids is 1. The minimum absolute atomic E-state index is 0.0136. The van der Waals surface area contributed by atoms with Crippen molar-refractivity contribution in [2.24, 2.45) is 0 Å². The molecule has 200 valence electrons. The zero-order valence-corrected chi connectivity index (χ0v) is 23.5. The number of carbonyl (C=O) groups is 1. The zero-order chi connectivity index (χ0) is 28.2. The number of ether oxygens (including phenoxy) is 1. The van der Waals surface area contributed by atoms with E-state index in [1.54, 1.807) is 62.4 Å². The summed E-state index contributed by atoms with van der Waals surface area (Å²) in [5.74, 6) is -0.983. The molecule has 1 unspecified atom stereocenters. The summed E-state index contributed by atoms with van der Waals surface area (Å²) in [7, 11) is -8.54. The Labute approximate surface area is 231 Å². The molecule has 0 amide bonds. The molecule has 0 saturated carbocycles. The molecule has 0 radical (unpaired) electrons. The lowest BCUT2D eigenvalue weighted by Gasteiger charge is -2.20. The SMILES string of the molecule is [C-]#[N+]/C=C\c1cccc(P(=O)(OCC)c2c(C(=O)OCC)n(S(=O)(=O)c3ccccc3)c3ccc(Cl)cc23)c1. The van der Waals surface area contributed by atoms with E-state index in [-0.39, 0.29) is 44.6 Å². The van der Waals surface area contributed by atoms with Crippen LogP contribution < -0.4 is 10.6 Å². The molecule has 11 heteroatoms. The van der Waals surface area contributed by atoms with E-state index in [0.717, 1.165) is 3.97 Å². The van der Waals surface area contributed by atoms with Gasteiger partial charge in [0.15, 0.2) is 11.9 Å². The minimum atomic E-state index is -4.38. The second kappa shape index (κ2) is 11.6. The van der Waals surface area contributed by atoms with Gasteiger partial charge in [-0.25, -0.2) is 22.0 Å². The van der Waals surface area contributed by atoms with Crippen molar-refractivity contribution < 1.29 is 27.0 Å². The van der Waals surface area contributed by atoms with E-state index < -0.39 is 29.1 Å². The van der Waals surface area contributed by atoms with Gasteiger partial charge < -0.3 is 9.26 Å². The van der Waals surface area contributed by atoms with Crippen molar-refractivity contribution in [1.29, 1.82) is 0 Å². The Morgan fingerprint density at radius 2 is 1.79 bits per heavy atom. The average molecular weight is 583 g/mol. The highest BCUT2D eigenvalue weighted by molar-refractivity contribution is 7.90. The first kappa shape index (κ1) is 28.3. The third-order valence-electron chi connectivity index (χ3n) is 5.77. The van der Waals surface area contributed by atoms with Crippen LogP contribution in [0.3, 0.4) is 0 Å². The number of hydrogen-bond acceptors (Lipinski definition) is 6. The van der Waals surface area contributed by atoms with Crippen LogP contribution in [0.25, 0.3) is 21.8 Å². The van der Waals surface area contributed by atoms with Crippen LogP contribution in [0.1, 0.15) is 29.9 Å². The maximum Gasteiger partial charge on any atom is 0.356 e. The van der Waals surface area contributed by atoms with Gasteiger partial charge >= 0.3 is 5.97 Å². The van der Waals surface area contributed by atoms with E-state index in [1.165, 1.54) is 36.5 Å². The van der Waals surface area contributed by atoms with Gasteiger partial charge in [-0.05, 0) is 61.9 Å². The second-order valence-corrected chi connectivity index (χ2v) is 12.7. The molecule has 1 heterocycles. The van der Waals surface area contributed by atoms with Crippen LogP contribution in [-0.4, -0.2) is 31.6 Å². The van der Waals surface area contributed by atoms with Crippen molar-refractivity contribution >= 4 is 62.6 Å². The van der Waals surface area contributed by atoms with Crippen molar-refractivity contribution in [1.82, 2.24) is 3.97 Å². The van der Waals surface area contributed by atoms with Crippen molar-refractivity contribution in [3.8, 4) is 0 Å². The highest BCUT2D eigenvalue weighted by Gasteiger charge is 2.41. The van der Waals surface area contributed by atoms with Gasteiger partial charge in [-0.3, -0.25) is 4.57 Å². The summed E-state index contributed by atoms with van der Waals surface area (Å²) in [6.07, 6.45) is 2.80. The third kappa shape index (κ3) is 5.29. The Morgan fingerprint density at radius 3 is 2.46 bits per heavy atom. The number of benzene rings is 3. The van der Waals surface area contributed by atoms with Crippen LogP contribution in [0, 0.1) is 6.57 Å². The lowest BCUT2D eigenvalue weighted by molar-refractivity contribution is 0.0520. The summed E-state index contributed by atoms with van der Waals surface area (Å²) in [5, 5.41) is 0.485. The number of rotatable bonds is 9. The predicted molar refractivity (Wildman–Crippen MR) is 153 cm³/mol. The van der Waals surface area contributed by atoms with E-state index in [1.807, 2.05) is 0 Å². The van der Waals surface area contributed by atoms with E-state index in [4.69, 9.17) is 27.4 Å². The molecule has 0 aliphatic heterocycles. The third-order valence-corrected chi connectivity index (χ3v) is 10.4. The number of aromatic nitrogens is 1. The molecule has 0 bridgehead atoms. The number of halogens is 1. The fourth-order valence-electron chi connectivity index (χ4n) is 4.23. The Hall–Kier alpha value is -3.67. The van der Waals surface area contributed by atoms with E-state index in [9.17, 15) is 13.2 Å². The molecule has 0 spiro atoms. The monoisotopic (exact) mass is 582 g/mol. The lowest BCUT2D eigenvalue weighted by atomic mass is 10.2. The standard InChI is InChI=1S/C28H24ClN2O6PS/c1-4-36-28(32)26-27(38(33,37-5-2)22-11-9-10-20(18-22)16-17-30-3)24-19-21(29)14-15-25(24)31(26)39(34,35)23-12-7-6-8-13-23/h6-19H,4-5H2,1-2H3/b17-16-. The smallest absolute Gasteiger partial charge is 0.356 e. The largest absolute Gasteiger partial charge is 0.461 e. The van der Waals surface area contributed by atoms with Crippen LogP contribution in [0.15, 0.2) is 83.9 Å². The Morgan fingerprint density at radius 1 is 1.05 bits per heavy atom. The topological polar surface area (TPSA) is 96.0 Å².